The third-order valence-corrected chi connectivity index (χ3v) is 3.20. The highest BCUT2D eigenvalue weighted by Gasteiger charge is 2.29. The van der Waals surface area contributed by atoms with Gasteiger partial charge in [0.05, 0.1) is 11.6 Å². The molecule has 0 aromatic heterocycles. The predicted octanol–water partition coefficient (Wildman–Crippen LogP) is 0.406. The summed E-state index contributed by atoms with van der Waals surface area (Å²) in [6, 6.07) is -0.197. The Labute approximate surface area is 91.4 Å². The maximum atomic E-state index is 11.5. The first-order valence-electron chi connectivity index (χ1n) is 5.75. The van der Waals surface area contributed by atoms with Crippen LogP contribution in [0.25, 0.3) is 0 Å². The highest BCUT2D eigenvalue weighted by atomic mass is 16.3. The second-order valence-corrected chi connectivity index (χ2v) is 4.51. The SMILES string of the molecule is CNC(C)C(=O)NCC1(O)CCCCC1. The van der Waals surface area contributed by atoms with Gasteiger partial charge in [-0.15, -0.1) is 0 Å². The van der Waals surface area contributed by atoms with Gasteiger partial charge in [0.25, 0.3) is 0 Å². The predicted molar refractivity (Wildman–Crippen MR) is 59.6 cm³/mol. The normalized spacial score (nSPS) is 22.1. The molecule has 1 unspecified atom stereocenters. The second kappa shape index (κ2) is 5.47. The van der Waals surface area contributed by atoms with Crippen LogP contribution in [0.5, 0.6) is 0 Å². The van der Waals surface area contributed by atoms with Crippen molar-refractivity contribution in [2.45, 2.75) is 50.7 Å². The van der Waals surface area contributed by atoms with Gasteiger partial charge in [0.15, 0.2) is 0 Å². The Morgan fingerprint density at radius 3 is 2.53 bits per heavy atom. The zero-order chi connectivity index (χ0) is 11.3. The number of rotatable bonds is 4. The molecule has 0 aliphatic heterocycles. The summed E-state index contributed by atoms with van der Waals surface area (Å²) in [5.41, 5.74) is -0.665. The molecule has 1 aliphatic carbocycles. The van der Waals surface area contributed by atoms with Gasteiger partial charge in [-0.25, -0.2) is 0 Å². The van der Waals surface area contributed by atoms with Crippen LogP contribution in [0.2, 0.25) is 0 Å². The monoisotopic (exact) mass is 214 g/mol. The average Bonchev–Trinajstić information content (AvgIpc) is 2.26. The van der Waals surface area contributed by atoms with Crippen molar-refractivity contribution in [1.82, 2.24) is 10.6 Å². The molecular formula is C11H22N2O2. The lowest BCUT2D eigenvalue weighted by Gasteiger charge is -2.32. The summed E-state index contributed by atoms with van der Waals surface area (Å²) in [4.78, 5) is 11.5. The lowest BCUT2D eigenvalue weighted by atomic mass is 9.85. The molecule has 1 saturated carbocycles. The average molecular weight is 214 g/mol. The maximum absolute atomic E-state index is 11.5. The zero-order valence-corrected chi connectivity index (χ0v) is 9.68. The zero-order valence-electron chi connectivity index (χ0n) is 9.68. The standard InChI is InChI=1S/C11H22N2O2/c1-9(12-2)10(14)13-8-11(15)6-4-3-5-7-11/h9,12,15H,3-8H2,1-2H3,(H,13,14). The fraction of sp³-hybridized carbons (Fsp3) is 0.909. The van der Waals surface area contributed by atoms with Crippen molar-refractivity contribution < 1.29 is 9.90 Å². The van der Waals surface area contributed by atoms with Crippen LogP contribution in [0.4, 0.5) is 0 Å². The van der Waals surface area contributed by atoms with E-state index in [0.717, 1.165) is 25.7 Å². The first kappa shape index (κ1) is 12.5. The lowest BCUT2D eigenvalue weighted by Crippen LogP contribution is -2.48. The van der Waals surface area contributed by atoms with Gasteiger partial charge >= 0.3 is 0 Å². The van der Waals surface area contributed by atoms with Crippen LogP contribution >= 0.6 is 0 Å². The van der Waals surface area contributed by atoms with E-state index in [0.29, 0.717) is 6.54 Å². The number of hydrogen-bond acceptors (Lipinski definition) is 3. The van der Waals surface area contributed by atoms with Crippen LogP contribution in [-0.4, -0.2) is 36.2 Å². The molecule has 0 bridgehead atoms. The van der Waals surface area contributed by atoms with E-state index in [1.54, 1.807) is 14.0 Å². The van der Waals surface area contributed by atoms with Crippen molar-refractivity contribution in [1.29, 1.82) is 0 Å². The molecule has 0 heterocycles. The minimum Gasteiger partial charge on any atom is -0.388 e. The van der Waals surface area contributed by atoms with E-state index in [1.807, 2.05) is 0 Å². The Hall–Kier alpha value is -0.610. The van der Waals surface area contributed by atoms with E-state index in [-0.39, 0.29) is 11.9 Å². The lowest BCUT2D eigenvalue weighted by molar-refractivity contribution is -0.124. The number of carbonyl (C=O) groups excluding carboxylic acids is 1. The van der Waals surface area contributed by atoms with Gasteiger partial charge in [0.1, 0.15) is 0 Å². The summed E-state index contributed by atoms with van der Waals surface area (Å²) in [6.07, 6.45) is 4.94. The van der Waals surface area contributed by atoms with Gasteiger partial charge in [-0.05, 0) is 26.8 Å². The highest BCUT2D eigenvalue weighted by Crippen LogP contribution is 2.27. The molecule has 1 fully saturated rings. The second-order valence-electron chi connectivity index (χ2n) is 4.51. The van der Waals surface area contributed by atoms with Crippen molar-refractivity contribution in [2.75, 3.05) is 13.6 Å². The molecule has 0 saturated heterocycles. The molecule has 3 N–H and O–H groups in total. The minimum atomic E-state index is -0.665. The summed E-state index contributed by atoms with van der Waals surface area (Å²) in [6.45, 7) is 2.19. The molecule has 4 nitrogen and oxygen atoms in total. The molecule has 1 rings (SSSR count). The first-order chi connectivity index (χ1) is 7.07. The van der Waals surface area contributed by atoms with Crippen LogP contribution in [0.3, 0.4) is 0 Å². The number of hydrogen-bond donors (Lipinski definition) is 3. The van der Waals surface area contributed by atoms with Crippen LogP contribution in [0, 0.1) is 0 Å². The number of aliphatic hydroxyl groups is 1. The minimum absolute atomic E-state index is 0.0449. The molecule has 1 atom stereocenters. The third-order valence-electron chi connectivity index (χ3n) is 3.20. The molecule has 15 heavy (non-hydrogen) atoms. The quantitative estimate of drug-likeness (QED) is 0.635. The van der Waals surface area contributed by atoms with E-state index >= 15 is 0 Å². The molecule has 0 aromatic carbocycles. The Bertz CT molecular complexity index is 213. The van der Waals surface area contributed by atoms with Crippen molar-refractivity contribution in [3.63, 3.8) is 0 Å². The van der Waals surface area contributed by atoms with Crippen LogP contribution in [0.1, 0.15) is 39.0 Å². The smallest absolute Gasteiger partial charge is 0.236 e. The van der Waals surface area contributed by atoms with Gasteiger partial charge in [0.2, 0.25) is 5.91 Å². The number of likely N-dealkylation sites (N-methyl/N-ethyl adjacent to an activating group) is 1. The van der Waals surface area contributed by atoms with Crippen LogP contribution in [-0.2, 0) is 4.79 Å². The van der Waals surface area contributed by atoms with Gasteiger partial charge in [-0.2, -0.15) is 0 Å². The maximum Gasteiger partial charge on any atom is 0.236 e. The Morgan fingerprint density at radius 1 is 1.40 bits per heavy atom. The summed E-state index contributed by atoms with van der Waals surface area (Å²) < 4.78 is 0. The molecule has 4 heteroatoms. The van der Waals surface area contributed by atoms with Crippen LogP contribution < -0.4 is 10.6 Å². The van der Waals surface area contributed by atoms with E-state index < -0.39 is 5.60 Å². The largest absolute Gasteiger partial charge is 0.388 e. The molecule has 0 radical (unpaired) electrons. The number of amides is 1. The summed E-state index contributed by atoms with van der Waals surface area (Å²) in [5.74, 6) is -0.0449. The van der Waals surface area contributed by atoms with Gasteiger partial charge in [-0.1, -0.05) is 19.3 Å². The molecule has 1 amide bonds. The Balaban J connectivity index is 2.31. The van der Waals surface area contributed by atoms with E-state index in [9.17, 15) is 9.90 Å². The molecule has 1 aliphatic rings. The molecule has 0 spiro atoms. The third kappa shape index (κ3) is 3.80. The van der Waals surface area contributed by atoms with E-state index in [1.165, 1.54) is 6.42 Å². The van der Waals surface area contributed by atoms with Crippen LogP contribution in [0.15, 0.2) is 0 Å². The summed E-state index contributed by atoms with van der Waals surface area (Å²) in [5, 5.41) is 15.8. The Kier molecular flexibility index (Phi) is 4.54. The van der Waals surface area contributed by atoms with Crippen molar-refractivity contribution in [2.24, 2.45) is 0 Å². The van der Waals surface area contributed by atoms with Crippen molar-refractivity contribution in [3.8, 4) is 0 Å². The first-order valence-corrected chi connectivity index (χ1v) is 5.75. The molecule has 88 valence electrons. The van der Waals surface area contributed by atoms with E-state index in [2.05, 4.69) is 10.6 Å². The van der Waals surface area contributed by atoms with Gasteiger partial charge in [-0.3, -0.25) is 4.79 Å². The highest BCUT2D eigenvalue weighted by molar-refractivity contribution is 5.81. The summed E-state index contributed by atoms with van der Waals surface area (Å²) >= 11 is 0. The topological polar surface area (TPSA) is 61.4 Å². The van der Waals surface area contributed by atoms with E-state index in [4.69, 9.17) is 0 Å². The van der Waals surface area contributed by atoms with Crippen molar-refractivity contribution >= 4 is 5.91 Å². The fourth-order valence-corrected chi connectivity index (χ4v) is 1.92. The molecule has 0 aromatic rings. The Morgan fingerprint density at radius 2 is 2.00 bits per heavy atom. The van der Waals surface area contributed by atoms with Gasteiger partial charge < -0.3 is 15.7 Å². The number of nitrogens with one attached hydrogen (secondary N) is 2. The fourth-order valence-electron chi connectivity index (χ4n) is 1.92. The molecular weight excluding hydrogens is 192 g/mol. The summed E-state index contributed by atoms with van der Waals surface area (Å²) in [7, 11) is 1.75. The van der Waals surface area contributed by atoms with Gasteiger partial charge in [0, 0.05) is 6.54 Å². The number of carbonyl (C=O) groups is 1. The van der Waals surface area contributed by atoms with Crippen molar-refractivity contribution in [3.05, 3.63) is 0 Å².